The summed E-state index contributed by atoms with van der Waals surface area (Å²) in [6, 6.07) is 16.4. The fourth-order valence-electron chi connectivity index (χ4n) is 2.10. The van der Waals surface area contributed by atoms with Crippen LogP contribution in [0.15, 0.2) is 54.9 Å². The maximum Gasteiger partial charge on any atom is 0.180 e. The summed E-state index contributed by atoms with van der Waals surface area (Å²) in [5, 5.41) is 1.01. The molecule has 2 aromatic heterocycles. The molecular weight excluding hydrogens is 248 g/mol. The van der Waals surface area contributed by atoms with E-state index in [-0.39, 0.29) is 0 Å². The average Bonchev–Trinajstić information content (AvgIpc) is 2.54. The Morgan fingerprint density at radius 3 is 2.75 bits per heavy atom. The van der Waals surface area contributed by atoms with Gasteiger partial charge in [-0.1, -0.05) is 24.3 Å². The summed E-state index contributed by atoms with van der Waals surface area (Å²) in [4.78, 5) is 17.8. The Bertz CT molecular complexity index is 841. The van der Waals surface area contributed by atoms with E-state index in [9.17, 15) is 0 Å². The number of hydrogen-bond acceptors (Lipinski definition) is 4. The molecule has 0 N–H and O–H groups in total. The third-order valence-corrected chi connectivity index (χ3v) is 3.10. The highest BCUT2D eigenvalue weighted by Gasteiger charge is 2.06. The third kappa shape index (κ3) is 1.78. The van der Waals surface area contributed by atoms with Crippen molar-refractivity contribution in [3.63, 3.8) is 0 Å². The molecule has 2 heterocycles. The van der Waals surface area contributed by atoms with E-state index < -0.39 is 0 Å². The van der Waals surface area contributed by atoms with Crippen molar-refractivity contribution >= 4 is 21.9 Å². The second-order valence-electron chi connectivity index (χ2n) is 4.42. The van der Waals surface area contributed by atoms with E-state index in [1.54, 1.807) is 6.20 Å². The number of nitrogens with zero attached hydrogens (tertiary/aromatic N) is 4. The van der Waals surface area contributed by atoms with Crippen molar-refractivity contribution < 1.29 is 0 Å². The molecular formula is C16H9N4. The molecule has 4 rings (SSSR count). The Labute approximate surface area is 115 Å². The molecule has 1 radical (unpaired) electrons. The summed E-state index contributed by atoms with van der Waals surface area (Å²) in [6.07, 6.45) is 3.50. The largest absolute Gasteiger partial charge is 0.252 e. The maximum absolute atomic E-state index is 4.54. The molecule has 0 aliphatic carbocycles. The molecule has 4 aromatic rings. The monoisotopic (exact) mass is 257 g/mol. The lowest BCUT2D eigenvalue weighted by Crippen LogP contribution is -1.94. The van der Waals surface area contributed by atoms with Crippen molar-refractivity contribution in [2.45, 2.75) is 0 Å². The Morgan fingerprint density at radius 1 is 0.800 bits per heavy atom. The molecule has 0 amide bonds. The van der Waals surface area contributed by atoms with Gasteiger partial charge in [0.1, 0.15) is 5.69 Å². The van der Waals surface area contributed by atoms with Crippen molar-refractivity contribution in [1.82, 2.24) is 19.9 Å². The van der Waals surface area contributed by atoms with Gasteiger partial charge in [0.15, 0.2) is 5.82 Å². The van der Waals surface area contributed by atoms with Crippen LogP contribution in [0.4, 0.5) is 0 Å². The minimum absolute atomic E-state index is 0.589. The van der Waals surface area contributed by atoms with Gasteiger partial charge >= 0.3 is 0 Å². The molecule has 0 aliphatic rings. The van der Waals surface area contributed by atoms with Crippen LogP contribution in [0.2, 0.25) is 0 Å². The molecule has 0 unspecified atom stereocenters. The fraction of sp³-hybridized carbons (Fsp3) is 0. The lowest BCUT2D eigenvalue weighted by atomic mass is 10.2. The Balaban J connectivity index is 1.91. The van der Waals surface area contributed by atoms with Crippen molar-refractivity contribution in [2.75, 3.05) is 0 Å². The van der Waals surface area contributed by atoms with E-state index in [2.05, 4.69) is 26.0 Å². The van der Waals surface area contributed by atoms with Gasteiger partial charge in [0.05, 0.1) is 22.7 Å². The SMILES string of the molecule is [c]1ccc2nc(-c3ncc4ccccc4n3)cnc2c1. The molecule has 0 saturated heterocycles. The first kappa shape index (κ1) is 11.0. The summed E-state index contributed by atoms with van der Waals surface area (Å²) < 4.78 is 0. The topological polar surface area (TPSA) is 51.6 Å². The van der Waals surface area contributed by atoms with Gasteiger partial charge in [-0.2, -0.15) is 0 Å². The van der Waals surface area contributed by atoms with E-state index in [1.807, 2.05) is 48.7 Å². The zero-order valence-corrected chi connectivity index (χ0v) is 10.5. The van der Waals surface area contributed by atoms with Crippen molar-refractivity contribution in [3.8, 4) is 11.5 Å². The van der Waals surface area contributed by atoms with Crippen LogP contribution in [0, 0.1) is 6.07 Å². The smallest absolute Gasteiger partial charge is 0.180 e. The van der Waals surface area contributed by atoms with Gasteiger partial charge < -0.3 is 0 Å². The second-order valence-corrected chi connectivity index (χ2v) is 4.42. The molecule has 4 heteroatoms. The lowest BCUT2D eigenvalue weighted by Gasteiger charge is -2.02. The van der Waals surface area contributed by atoms with E-state index in [4.69, 9.17) is 0 Å². The van der Waals surface area contributed by atoms with Gasteiger partial charge in [0, 0.05) is 11.6 Å². The number of aromatic nitrogens is 4. The van der Waals surface area contributed by atoms with Crippen LogP contribution in [0.1, 0.15) is 0 Å². The summed E-state index contributed by atoms with van der Waals surface area (Å²) >= 11 is 0. The molecule has 4 nitrogen and oxygen atoms in total. The van der Waals surface area contributed by atoms with E-state index in [0.29, 0.717) is 11.5 Å². The standard InChI is InChI=1S/C16H9N4/c1-2-6-12-11(5-1)9-18-16(20-12)15-10-17-13-7-3-4-8-14(13)19-15/h1-2,4-10H. The molecule has 0 saturated carbocycles. The minimum Gasteiger partial charge on any atom is -0.252 e. The summed E-state index contributed by atoms with van der Waals surface area (Å²) in [5.74, 6) is 0.589. The van der Waals surface area contributed by atoms with Crippen molar-refractivity contribution in [1.29, 1.82) is 0 Å². The molecule has 2 aromatic carbocycles. The van der Waals surface area contributed by atoms with Gasteiger partial charge in [0.2, 0.25) is 0 Å². The van der Waals surface area contributed by atoms with E-state index in [1.165, 1.54) is 0 Å². The average molecular weight is 257 g/mol. The second kappa shape index (κ2) is 4.35. The molecule has 0 atom stereocenters. The van der Waals surface area contributed by atoms with Gasteiger partial charge in [0.25, 0.3) is 0 Å². The Morgan fingerprint density at radius 2 is 1.75 bits per heavy atom. The van der Waals surface area contributed by atoms with Gasteiger partial charge in [-0.15, -0.1) is 0 Å². The minimum atomic E-state index is 0.589. The number of para-hydroxylation sites is 1. The molecule has 93 valence electrons. The van der Waals surface area contributed by atoms with Crippen molar-refractivity contribution in [3.05, 3.63) is 60.9 Å². The van der Waals surface area contributed by atoms with Gasteiger partial charge in [-0.25, -0.2) is 15.0 Å². The first-order chi connectivity index (χ1) is 9.90. The highest BCUT2D eigenvalue weighted by Crippen LogP contribution is 2.18. The maximum atomic E-state index is 4.54. The predicted octanol–water partition coefficient (Wildman–Crippen LogP) is 3.04. The predicted molar refractivity (Wildman–Crippen MR) is 76.9 cm³/mol. The first-order valence-electron chi connectivity index (χ1n) is 6.25. The highest BCUT2D eigenvalue weighted by molar-refractivity contribution is 5.80. The first-order valence-corrected chi connectivity index (χ1v) is 6.25. The van der Waals surface area contributed by atoms with Crippen LogP contribution < -0.4 is 0 Å². The third-order valence-electron chi connectivity index (χ3n) is 3.10. The van der Waals surface area contributed by atoms with Crippen LogP contribution in [-0.4, -0.2) is 19.9 Å². The Hall–Kier alpha value is -2.88. The number of benzene rings is 2. The van der Waals surface area contributed by atoms with E-state index in [0.717, 1.165) is 21.9 Å². The normalized spacial score (nSPS) is 11.0. The zero-order chi connectivity index (χ0) is 13.4. The van der Waals surface area contributed by atoms with E-state index >= 15 is 0 Å². The van der Waals surface area contributed by atoms with Gasteiger partial charge in [-0.05, 0) is 24.3 Å². The van der Waals surface area contributed by atoms with Crippen LogP contribution in [-0.2, 0) is 0 Å². The summed E-state index contributed by atoms with van der Waals surface area (Å²) in [6.45, 7) is 0. The van der Waals surface area contributed by atoms with Crippen molar-refractivity contribution in [2.24, 2.45) is 0 Å². The highest BCUT2D eigenvalue weighted by atomic mass is 14.9. The molecule has 20 heavy (non-hydrogen) atoms. The fourth-order valence-corrected chi connectivity index (χ4v) is 2.10. The summed E-state index contributed by atoms with van der Waals surface area (Å²) in [5.41, 5.74) is 3.21. The number of rotatable bonds is 1. The van der Waals surface area contributed by atoms with Crippen LogP contribution >= 0.6 is 0 Å². The molecule has 0 bridgehead atoms. The van der Waals surface area contributed by atoms with Crippen LogP contribution in [0.25, 0.3) is 33.5 Å². The lowest BCUT2D eigenvalue weighted by molar-refractivity contribution is 1.17. The van der Waals surface area contributed by atoms with Crippen LogP contribution in [0.5, 0.6) is 0 Å². The van der Waals surface area contributed by atoms with Crippen LogP contribution in [0.3, 0.4) is 0 Å². The zero-order valence-electron chi connectivity index (χ0n) is 10.5. The Kier molecular flexibility index (Phi) is 2.39. The quantitative estimate of drug-likeness (QED) is 0.526. The molecule has 0 fully saturated rings. The number of fused-ring (bicyclic) bond motifs is 2. The summed E-state index contributed by atoms with van der Waals surface area (Å²) in [7, 11) is 0. The molecule has 0 aliphatic heterocycles. The number of hydrogen-bond donors (Lipinski definition) is 0. The van der Waals surface area contributed by atoms with Gasteiger partial charge in [-0.3, -0.25) is 4.98 Å². The molecule has 0 spiro atoms.